The van der Waals surface area contributed by atoms with Crippen LogP contribution in [-0.2, 0) is 6.42 Å². The number of nitrogens with one attached hydrogen (secondary N) is 1. The Morgan fingerprint density at radius 3 is 2.48 bits per heavy atom. The summed E-state index contributed by atoms with van der Waals surface area (Å²) in [6, 6.07) is 13.6. The number of aromatic nitrogens is 1. The van der Waals surface area contributed by atoms with Gasteiger partial charge in [-0.1, -0.05) is 18.2 Å². The standard InChI is InChI=1S/C19H24N2O2/c1-14(2)23-17-11-9-16(10-12-17)8-7-15(3)21-19(22)18-6-4-5-13-20-18/h4-6,9-15H,7-8H2,1-3H3,(H,21,22)/t15-/m1/s1. The van der Waals surface area contributed by atoms with Crippen molar-refractivity contribution in [2.75, 3.05) is 0 Å². The van der Waals surface area contributed by atoms with E-state index in [9.17, 15) is 4.79 Å². The number of benzene rings is 1. The van der Waals surface area contributed by atoms with Crippen molar-refractivity contribution in [3.63, 3.8) is 0 Å². The van der Waals surface area contributed by atoms with Crippen molar-refractivity contribution in [3.8, 4) is 5.75 Å². The lowest BCUT2D eigenvalue weighted by Gasteiger charge is -2.14. The Bertz CT molecular complexity index is 609. The van der Waals surface area contributed by atoms with Crippen molar-refractivity contribution < 1.29 is 9.53 Å². The number of pyridine rings is 1. The molecule has 0 saturated heterocycles. The fourth-order valence-corrected chi connectivity index (χ4v) is 2.26. The molecule has 1 aromatic carbocycles. The van der Waals surface area contributed by atoms with Crippen LogP contribution in [0, 0.1) is 0 Å². The number of aryl methyl sites for hydroxylation is 1. The van der Waals surface area contributed by atoms with E-state index < -0.39 is 0 Å². The van der Waals surface area contributed by atoms with Crippen LogP contribution >= 0.6 is 0 Å². The highest BCUT2D eigenvalue weighted by molar-refractivity contribution is 5.92. The van der Waals surface area contributed by atoms with E-state index in [1.807, 2.05) is 39.0 Å². The Hall–Kier alpha value is -2.36. The summed E-state index contributed by atoms with van der Waals surface area (Å²) in [6.45, 7) is 6.04. The quantitative estimate of drug-likeness (QED) is 0.849. The topological polar surface area (TPSA) is 51.2 Å². The van der Waals surface area contributed by atoms with Gasteiger partial charge in [0.1, 0.15) is 11.4 Å². The average Bonchev–Trinajstić information content (AvgIpc) is 2.54. The minimum Gasteiger partial charge on any atom is -0.491 e. The number of ether oxygens (including phenoxy) is 1. The highest BCUT2D eigenvalue weighted by Crippen LogP contribution is 2.15. The molecule has 122 valence electrons. The zero-order valence-electron chi connectivity index (χ0n) is 14.0. The van der Waals surface area contributed by atoms with Gasteiger partial charge in [-0.3, -0.25) is 9.78 Å². The maximum absolute atomic E-state index is 12.0. The summed E-state index contributed by atoms with van der Waals surface area (Å²) in [5.41, 5.74) is 1.69. The normalized spacial score (nSPS) is 12.0. The first-order valence-electron chi connectivity index (χ1n) is 8.02. The van der Waals surface area contributed by atoms with E-state index in [0.29, 0.717) is 5.69 Å². The fraction of sp³-hybridized carbons (Fsp3) is 0.368. The molecular formula is C19H24N2O2. The maximum atomic E-state index is 12.0. The van der Waals surface area contributed by atoms with Gasteiger partial charge in [0.15, 0.2) is 0 Å². The number of rotatable bonds is 7. The minimum absolute atomic E-state index is 0.0936. The first-order valence-corrected chi connectivity index (χ1v) is 8.02. The van der Waals surface area contributed by atoms with Gasteiger partial charge in [0.05, 0.1) is 6.10 Å². The van der Waals surface area contributed by atoms with Crippen LogP contribution in [0.25, 0.3) is 0 Å². The van der Waals surface area contributed by atoms with Gasteiger partial charge >= 0.3 is 0 Å². The molecule has 0 unspecified atom stereocenters. The predicted molar refractivity (Wildman–Crippen MR) is 91.7 cm³/mol. The van der Waals surface area contributed by atoms with Gasteiger partial charge in [-0.2, -0.15) is 0 Å². The van der Waals surface area contributed by atoms with Crippen molar-refractivity contribution in [3.05, 3.63) is 59.9 Å². The molecule has 23 heavy (non-hydrogen) atoms. The molecule has 1 atom stereocenters. The van der Waals surface area contributed by atoms with Gasteiger partial charge in [0.2, 0.25) is 0 Å². The molecule has 2 rings (SSSR count). The smallest absolute Gasteiger partial charge is 0.270 e. The molecule has 2 aromatic rings. The van der Waals surface area contributed by atoms with Crippen LogP contribution in [0.5, 0.6) is 5.75 Å². The van der Waals surface area contributed by atoms with Gasteiger partial charge in [0.25, 0.3) is 5.91 Å². The first-order chi connectivity index (χ1) is 11.0. The van der Waals surface area contributed by atoms with Crippen molar-refractivity contribution >= 4 is 5.91 Å². The maximum Gasteiger partial charge on any atom is 0.270 e. The molecule has 0 fully saturated rings. The Morgan fingerprint density at radius 1 is 1.13 bits per heavy atom. The summed E-state index contributed by atoms with van der Waals surface area (Å²) < 4.78 is 5.63. The Balaban J connectivity index is 1.80. The molecule has 1 amide bonds. The molecule has 4 nitrogen and oxygen atoms in total. The monoisotopic (exact) mass is 312 g/mol. The summed E-state index contributed by atoms with van der Waals surface area (Å²) in [7, 11) is 0. The van der Waals surface area contributed by atoms with E-state index in [1.165, 1.54) is 5.56 Å². The molecule has 0 aliphatic rings. The number of hydrogen-bond donors (Lipinski definition) is 1. The van der Waals surface area contributed by atoms with Gasteiger partial charge < -0.3 is 10.1 Å². The zero-order chi connectivity index (χ0) is 16.7. The zero-order valence-corrected chi connectivity index (χ0v) is 14.0. The molecule has 0 radical (unpaired) electrons. The second-order valence-electron chi connectivity index (χ2n) is 5.94. The molecule has 0 aliphatic heterocycles. The Morgan fingerprint density at radius 2 is 1.87 bits per heavy atom. The molecule has 1 N–H and O–H groups in total. The predicted octanol–water partition coefficient (Wildman–Crippen LogP) is 3.62. The van der Waals surface area contributed by atoms with Crippen LogP contribution in [0.3, 0.4) is 0 Å². The average molecular weight is 312 g/mol. The Labute approximate surface area is 137 Å². The van der Waals surface area contributed by atoms with E-state index in [-0.39, 0.29) is 18.1 Å². The van der Waals surface area contributed by atoms with Crippen LogP contribution in [0.15, 0.2) is 48.7 Å². The first kappa shape index (κ1) is 17.0. The third-order valence-corrected chi connectivity index (χ3v) is 3.44. The second kappa shape index (κ2) is 8.32. The van der Waals surface area contributed by atoms with Crippen molar-refractivity contribution in [2.24, 2.45) is 0 Å². The summed E-state index contributed by atoms with van der Waals surface area (Å²) in [4.78, 5) is 16.1. The molecule has 1 aromatic heterocycles. The molecule has 4 heteroatoms. The summed E-state index contributed by atoms with van der Waals surface area (Å²) in [6.07, 6.45) is 3.59. The van der Waals surface area contributed by atoms with Gasteiger partial charge in [-0.15, -0.1) is 0 Å². The molecule has 1 heterocycles. The lowest BCUT2D eigenvalue weighted by Crippen LogP contribution is -2.33. The minimum atomic E-state index is -0.126. The highest BCUT2D eigenvalue weighted by atomic mass is 16.5. The van der Waals surface area contributed by atoms with Crippen molar-refractivity contribution in [2.45, 2.75) is 45.8 Å². The molecular weight excluding hydrogens is 288 g/mol. The van der Waals surface area contributed by atoms with E-state index in [2.05, 4.69) is 22.4 Å². The summed E-state index contributed by atoms with van der Waals surface area (Å²) in [5.74, 6) is 0.763. The highest BCUT2D eigenvalue weighted by Gasteiger charge is 2.10. The molecule has 0 spiro atoms. The SMILES string of the molecule is CC(C)Oc1ccc(CC[C@@H](C)NC(=O)c2ccccn2)cc1. The summed E-state index contributed by atoms with van der Waals surface area (Å²) in [5, 5.41) is 2.98. The van der Waals surface area contributed by atoms with Gasteiger partial charge in [-0.25, -0.2) is 0 Å². The molecule has 0 aliphatic carbocycles. The number of carbonyl (C=O) groups excluding carboxylic acids is 1. The number of carbonyl (C=O) groups is 1. The van der Waals surface area contributed by atoms with E-state index in [0.717, 1.165) is 18.6 Å². The lowest BCUT2D eigenvalue weighted by atomic mass is 10.1. The van der Waals surface area contributed by atoms with E-state index in [1.54, 1.807) is 18.3 Å². The molecule has 0 bridgehead atoms. The van der Waals surface area contributed by atoms with Crippen LogP contribution in [-0.4, -0.2) is 23.0 Å². The summed E-state index contributed by atoms with van der Waals surface area (Å²) >= 11 is 0. The lowest BCUT2D eigenvalue weighted by molar-refractivity contribution is 0.0933. The van der Waals surface area contributed by atoms with Crippen molar-refractivity contribution in [1.29, 1.82) is 0 Å². The van der Waals surface area contributed by atoms with E-state index >= 15 is 0 Å². The van der Waals surface area contributed by atoms with Crippen LogP contribution in [0.2, 0.25) is 0 Å². The van der Waals surface area contributed by atoms with Crippen LogP contribution in [0.1, 0.15) is 43.2 Å². The van der Waals surface area contributed by atoms with E-state index in [4.69, 9.17) is 4.74 Å². The van der Waals surface area contributed by atoms with Gasteiger partial charge in [0, 0.05) is 12.2 Å². The van der Waals surface area contributed by atoms with Crippen molar-refractivity contribution in [1.82, 2.24) is 10.3 Å². The fourth-order valence-electron chi connectivity index (χ4n) is 2.26. The third-order valence-electron chi connectivity index (χ3n) is 3.44. The van der Waals surface area contributed by atoms with Gasteiger partial charge in [-0.05, 0) is 63.4 Å². The molecule has 0 saturated carbocycles. The third kappa shape index (κ3) is 5.74. The number of amides is 1. The second-order valence-corrected chi connectivity index (χ2v) is 5.94. The number of hydrogen-bond acceptors (Lipinski definition) is 3. The number of nitrogens with zero attached hydrogens (tertiary/aromatic N) is 1. The van der Waals surface area contributed by atoms with Crippen LogP contribution < -0.4 is 10.1 Å². The Kier molecular flexibility index (Phi) is 6.15. The largest absolute Gasteiger partial charge is 0.491 e. The van der Waals surface area contributed by atoms with Crippen LogP contribution in [0.4, 0.5) is 0 Å².